The second-order valence-corrected chi connectivity index (χ2v) is 6.24. The molecular formula is C18H24N4+2. The maximum absolute atomic E-state index is 2.20. The van der Waals surface area contributed by atoms with Crippen LogP contribution < -0.4 is 9.13 Å². The molecule has 0 amide bonds. The Bertz CT molecular complexity index is 703. The molecule has 4 heteroatoms. The smallest absolute Gasteiger partial charge is 0.234 e. The van der Waals surface area contributed by atoms with E-state index in [0.29, 0.717) is 12.1 Å². The zero-order chi connectivity index (χ0) is 15.7. The maximum Gasteiger partial charge on any atom is 0.249 e. The minimum atomic E-state index is 0.471. The molecule has 0 radical (unpaired) electrons. The number of imidazole rings is 2. The second kappa shape index (κ2) is 5.79. The number of hydrogen-bond acceptors (Lipinski definition) is 0. The summed E-state index contributed by atoms with van der Waals surface area (Å²) in [6.45, 7) is 8.74. The molecule has 0 unspecified atom stereocenters. The molecule has 0 saturated heterocycles. The minimum Gasteiger partial charge on any atom is -0.234 e. The van der Waals surface area contributed by atoms with Gasteiger partial charge >= 0.3 is 0 Å². The predicted octanol–water partition coefficient (Wildman–Crippen LogP) is 3.00. The quantitative estimate of drug-likeness (QED) is 0.659. The maximum atomic E-state index is 2.20. The van der Waals surface area contributed by atoms with Crippen LogP contribution >= 0.6 is 0 Å². The van der Waals surface area contributed by atoms with Gasteiger partial charge in [-0.3, -0.25) is 0 Å². The van der Waals surface area contributed by atoms with Crippen LogP contribution in [0.25, 0.3) is 11.4 Å². The van der Waals surface area contributed by atoms with E-state index in [-0.39, 0.29) is 0 Å². The molecule has 114 valence electrons. The van der Waals surface area contributed by atoms with E-state index in [4.69, 9.17) is 0 Å². The van der Waals surface area contributed by atoms with Crippen LogP contribution in [0.5, 0.6) is 0 Å². The Morgan fingerprint density at radius 1 is 0.773 bits per heavy atom. The van der Waals surface area contributed by atoms with E-state index >= 15 is 0 Å². The van der Waals surface area contributed by atoms with E-state index in [1.807, 2.05) is 0 Å². The van der Waals surface area contributed by atoms with E-state index in [0.717, 1.165) is 0 Å². The zero-order valence-electron chi connectivity index (χ0n) is 13.7. The van der Waals surface area contributed by atoms with E-state index < -0.39 is 0 Å². The zero-order valence-corrected chi connectivity index (χ0v) is 13.7. The Morgan fingerprint density at radius 3 is 1.59 bits per heavy atom. The molecule has 0 aliphatic carbocycles. The van der Waals surface area contributed by atoms with E-state index in [2.05, 4.69) is 108 Å². The third-order valence-corrected chi connectivity index (χ3v) is 3.93. The highest BCUT2D eigenvalue weighted by Gasteiger charge is 2.13. The van der Waals surface area contributed by atoms with Crippen LogP contribution in [-0.2, 0) is 0 Å². The lowest BCUT2D eigenvalue weighted by molar-refractivity contribution is -0.715. The number of rotatable bonds is 4. The van der Waals surface area contributed by atoms with Crippen LogP contribution in [-0.4, -0.2) is 9.13 Å². The molecule has 0 saturated carbocycles. The first-order valence-electron chi connectivity index (χ1n) is 7.83. The van der Waals surface area contributed by atoms with Gasteiger partial charge in [-0.05, 0) is 39.8 Å². The fourth-order valence-corrected chi connectivity index (χ4v) is 2.47. The van der Waals surface area contributed by atoms with Crippen LogP contribution in [0.2, 0.25) is 0 Å². The third-order valence-electron chi connectivity index (χ3n) is 3.93. The summed E-state index contributed by atoms with van der Waals surface area (Å²) < 4.78 is 8.72. The van der Waals surface area contributed by atoms with Crippen LogP contribution in [0.1, 0.15) is 39.8 Å². The molecule has 0 aliphatic heterocycles. The molecule has 0 N–H and O–H groups in total. The van der Waals surface area contributed by atoms with Crippen LogP contribution in [0.4, 0.5) is 0 Å². The van der Waals surface area contributed by atoms with Crippen molar-refractivity contribution in [1.29, 1.82) is 0 Å². The Hall–Kier alpha value is -2.36. The number of hydrogen-bond donors (Lipinski definition) is 0. The molecule has 0 spiro atoms. The highest BCUT2D eigenvalue weighted by molar-refractivity contribution is 5.43. The summed E-state index contributed by atoms with van der Waals surface area (Å²) in [5.74, 6) is 0. The second-order valence-electron chi connectivity index (χ2n) is 6.24. The summed E-state index contributed by atoms with van der Waals surface area (Å²) in [5, 5.41) is 0. The SMILES string of the molecule is CC(C)[n+]1ccn(-c2cccc(-n3cc[n+](C(C)C)c3)c2)c1. The molecule has 0 bridgehead atoms. The van der Waals surface area contributed by atoms with Crippen molar-refractivity contribution < 1.29 is 9.13 Å². The van der Waals surface area contributed by atoms with E-state index in [1.165, 1.54) is 11.4 Å². The van der Waals surface area contributed by atoms with Crippen LogP contribution in [0.15, 0.2) is 61.7 Å². The topological polar surface area (TPSA) is 17.6 Å². The van der Waals surface area contributed by atoms with Crippen LogP contribution in [0.3, 0.4) is 0 Å². The van der Waals surface area contributed by atoms with Crippen molar-refractivity contribution in [2.24, 2.45) is 0 Å². The summed E-state index contributed by atoms with van der Waals surface area (Å²) in [6.07, 6.45) is 12.7. The van der Waals surface area contributed by atoms with Gasteiger partial charge in [0.1, 0.15) is 36.2 Å². The van der Waals surface area contributed by atoms with Gasteiger partial charge in [-0.2, -0.15) is 0 Å². The summed E-state index contributed by atoms with van der Waals surface area (Å²) >= 11 is 0. The first kappa shape index (κ1) is 14.6. The normalized spacial score (nSPS) is 11.5. The van der Waals surface area contributed by atoms with Crippen molar-refractivity contribution in [1.82, 2.24) is 9.13 Å². The average Bonchev–Trinajstić information content (AvgIpc) is 3.17. The fraction of sp³-hybridized carbons (Fsp3) is 0.333. The largest absolute Gasteiger partial charge is 0.249 e. The van der Waals surface area contributed by atoms with E-state index in [1.54, 1.807) is 0 Å². The first-order chi connectivity index (χ1) is 10.5. The molecule has 0 atom stereocenters. The Labute approximate surface area is 131 Å². The highest BCUT2D eigenvalue weighted by Crippen LogP contribution is 2.14. The van der Waals surface area contributed by atoms with Gasteiger partial charge in [-0.1, -0.05) is 6.07 Å². The number of benzene rings is 1. The Morgan fingerprint density at radius 2 is 1.23 bits per heavy atom. The van der Waals surface area contributed by atoms with Gasteiger partial charge in [0.25, 0.3) is 0 Å². The van der Waals surface area contributed by atoms with Gasteiger partial charge in [0.2, 0.25) is 12.7 Å². The Kier molecular flexibility index (Phi) is 3.84. The lowest BCUT2D eigenvalue weighted by Gasteiger charge is -2.01. The molecule has 0 fully saturated rings. The van der Waals surface area contributed by atoms with Gasteiger partial charge in [0.15, 0.2) is 0 Å². The molecular weight excluding hydrogens is 272 g/mol. The lowest BCUT2D eigenvalue weighted by Crippen LogP contribution is -2.33. The number of aromatic nitrogens is 4. The molecule has 2 heterocycles. The molecule has 4 nitrogen and oxygen atoms in total. The first-order valence-corrected chi connectivity index (χ1v) is 7.83. The summed E-state index contributed by atoms with van der Waals surface area (Å²) in [5.41, 5.74) is 2.34. The van der Waals surface area contributed by atoms with Crippen molar-refractivity contribution in [3.8, 4) is 11.4 Å². The van der Waals surface area contributed by atoms with E-state index in [9.17, 15) is 0 Å². The summed E-state index contributed by atoms with van der Waals surface area (Å²) in [4.78, 5) is 0. The standard InChI is InChI=1S/C18H24N4/c1-15(2)19-8-10-21(13-19)17-6-5-7-18(12-17)22-11-9-20(14-22)16(3)4/h5-16H,1-4H3/q+2. The molecule has 2 aromatic heterocycles. The van der Waals surface area contributed by atoms with Crippen molar-refractivity contribution >= 4 is 0 Å². The Balaban J connectivity index is 1.94. The monoisotopic (exact) mass is 296 g/mol. The van der Waals surface area contributed by atoms with Crippen LogP contribution in [0, 0.1) is 0 Å². The van der Waals surface area contributed by atoms with Gasteiger partial charge in [-0.25, -0.2) is 18.3 Å². The summed E-state index contributed by atoms with van der Waals surface area (Å²) in [6, 6.07) is 9.51. The van der Waals surface area contributed by atoms with Crippen molar-refractivity contribution in [2.45, 2.75) is 39.8 Å². The highest BCUT2D eigenvalue weighted by atomic mass is 15.1. The van der Waals surface area contributed by atoms with Gasteiger partial charge < -0.3 is 0 Å². The molecule has 1 aromatic carbocycles. The fourth-order valence-electron chi connectivity index (χ4n) is 2.47. The molecule has 3 aromatic rings. The van der Waals surface area contributed by atoms with Crippen molar-refractivity contribution in [3.63, 3.8) is 0 Å². The molecule has 3 rings (SSSR count). The van der Waals surface area contributed by atoms with Gasteiger partial charge in [0, 0.05) is 6.07 Å². The molecule has 0 aliphatic rings. The van der Waals surface area contributed by atoms with Gasteiger partial charge in [-0.15, -0.1) is 0 Å². The van der Waals surface area contributed by atoms with Crippen molar-refractivity contribution in [2.75, 3.05) is 0 Å². The lowest BCUT2D eigenvalue weighted by atomic mass is 10.2. The third kappa shape index (κ3) is 2.82. The molecule has 22 heavy (non-hydrogen) atoms. The summed E-state index contributed by atoms with van der Waals surface area (Å²) in [7, 11) is 0. The predicted molar refractivity (Wildman–Crippen MR) is 86.3 cm³/mol. The number of nitrogens with zero attached hydrogens (tertiary/aromatic N) is 4. The van der Waals surface area contributed by atoms with Crippen molar-refractivity contribution in [3.05, 3.63) is 61.7 Å². The average molecular weight is 296 g/mol. The van der Waals surface area contributed by atoms with Gasteiger partial charge in [0.05, 0.1) is 12.1 Å². The minimum absolute atomic E-state index is 0.471.